The lowest BCUT2D eigenvalue weighted by Crippen LogP contribution is -2.31. The number of anilines is 2. The lowest BCUT2D eigenvalue weighted by atomic mass is 9.83. The van der Waals surface area contributed by atoms with Crippen LogP contribution in [0.15, 0.2) is 12.3 Å². The Bertz CT molecular complexity index is 484. The van der Waals surface area contributed by atoms with Gasteiger partial charge < -0.3 is 15.8 Å². The van der Waals surface area contributed by atoms with E-state index in [1.54, 1.807) is 12.3 Å². The van der Waals surface area contributed by atoms with Crippen LogP contribution >= 0.6 is 0 Å². The molecule has 1 heterocycles. The van der Waals surface area contributed by atoms with Crippen LogP contribution in [0.1, 0.15) is 55.8 Å². The van der Waals surface area contributed by atoms with Crippen LogP contribution < -0.4 is 11.1 Å². The van der Waals surface area contributed by atoms with Gasteiger partial charge in [0, 0.05) is 12.2 Å². The minimum absolute atomic E-state index is 0.355. The lowest BCUT2D eigenvalue weighted by Gasteiger charge is -2.31. The number of pyridine rings is 1. The van der Waals surface area contributed by atoms with Crippen molar-refractivity contribution in [3.63, 3.8) is 0 Å². The van der Waals surface area contributed by atoms with Crippen molar-refractivity contribution in [3.8, 4) is 0 Å². The van der Waals surface area contributed by atoms with Gasteiger partial charge in [0.2, 0.25) is 0 Å². The first-order chi connectivity index (χ1) is 10.2. The largest absolute Gasteiger partial charge is 0.465 e. The third kappa shape index (κ3) is 3.65. The minimum atomic E-state index is -0.427. The Morgan fingerprint density at radius 1 is 1.48 bits per heavy atom. The maximum Gasteiger partial charge on any atom is 0.340 e. The number of carbonyl (C=O) groups is 1. The average molecular weight is 291 g/mol. The molecule has 1 fully saturated rings. The number of nitrogen functional groups attached to an aromatic ring is 1. The van der Waals surface area contributed by atoms with Crippen molar-refractivity contribution in [3.05, 3.63) is 17.8 Å². The Kier molecular flexibility index (Phi) is 5.42. The highest BCUT2D eigenvalue weighted by Crippen LogP contribution is 2.31. The van der Waals surface area contributed by atoms with Gasteiger partial charge in [-0.05, 0) is 31.2 Å². The molecule has 0 bridgehead atoms. The van der Waals surface area contributed by atoms with E-state index in [1.165, 1.54) is 39.2 Å². The van der Waals surface area contributed by atoms with Crippen LogP contribution in [-0.4, -0.2) is 24.1 Å². The molecular formula is C16H25N3O2. The molecule has 0 aromatic carbocycles. The number of carbonyl (C=O) groups excluding carboxylic acids is 1. The number of nitrogens with two attached hydrogens (primary N) is 1. The predicted octanol–water partition coefficient (Wildman–Crippen LogP) is 3.22. The smallest absolute Gasteiger partial charge is 0.340 e. The highest BCUT2D eigenvalue weighted by molar-refractivity contribution is 5.97. The van der Waals surface area contributed by atoms with Crippen molar-refractivity contribution in [2.24, 2.45) is 5.92 Å². The fourth-order valence-corrected chi connectivity index (χ4v) is 3.14. The second-order valence-electron chi connectivity index (χ2n) is 5.67. The molecule has 116 valence electrons. The zero-order valence-corrected chi connectivity index (χ0v) is 12.9. The zero-order chi connectivity index (χ0) is 15.2. The summed E-state index contributed by atoms with van der Waals surface area (Å²) in [4.78, 5) is 16.0. The molecule has 5 heteroatoms. The Balaban J connectivity index is 2.15. The first-order valence-corrected chi connectivity index (χ1v) is 7.76. The number of ether oxygens (including phenoxy) is 1. The van der Waals surface area contributed by atoms with Crippen LogP contribution in [0.3, 0.4) is 0 Å². The van der Waals surface area contributed by atoms with Gasteiger partial charge >= 0.3 is 5.97 Å². The van der Waals surface area contributed by atoms with Gasteiger partial charge in [-0.2, -0.15) is 0 Å². The highest BCUT2D eigenvalue weighted by Gasteiger charge is 2.24. The molecule has 1 aliphatic rings. The molecule has 0 radical (unpaired) electrons. The van der Waals surface area contributed by atoms with E-state index in [-0.39, 0.29) is 0 Å². The maximum absolute atomic E-state index is 11.7. The fourth-order valence-electron chi connectivity index (χ4n) is 3.14. The van der Waals surface area contributed by atoms with E-state index in [1.807, 2.05) is 0 Å². The molecular weight excluding hydrogens is 266 g/mol. The van der Waals surface area contributed by atoms with Gasteiger partial charge in [-0.3, -0.25) is 0 Å². The molecule has 1 aromatic heterocycles. The van der Waals surface area contributed by atoms with E-state index < -0.39 is 5.97 Å². The number of hydrogen-bond donors (Lipinski definition) is 2. The summed E-state index contributed by atoms with van der Waals surface area (Å²) in [6.07, 6.45) is 9.06. The first kappa shape index (κ1) is 15.6. The maximum atomic E-state index is 11.7. The van der Waals surface area contributed by atoms with E-state index in [4.69, 9.17) is 10.5 Å². The third-order valence-electron chi connectivity index (χ3n) is 4.38. The summed E-state index contributed by atoms with van der Waals surface area (Å²) in [7, 11) is 1.35. The number of aromatic nitrogens is 1. The topological polar surface area (TPSA) is 77.2 Å². The summed E-state index contributed by atoms with van der Waals surface area (Å²) < 4.78 is 4.75. The lowest BCUT2D eigenvalue weighted by molar-refractivity contribution is 0.0602. The predicted molar refractivity (Wildman–Crippen MR) is 84.3 cm³/mol. The number of hydrogen-bond acceptors (Lipinski definition) is 5. The highest BCUT2D eigenvalue weighted by atomic mass is 16.5. The van der Waals surface area contributed by atoms with Gasteiger partial charge in [0.1, 0.15) is 5.82 Å². The summed E-state index contributed by atoms with van der Waals surface area (Å²) >= 11 is 0. The Morgan fingerprint density at radius 3 is 2.81 bits per heavy atom. The van der Waals surface area contributed by atoms with Crippen LogP contribution in [0, 0.1) is 5.92 Å². The first-order valence-electron chi connectivity index (χ1n) is 7.76. The molecule has 1 unspecified atom stereocenters. The Hall–Kier alpha value is -1.78. The zero-order valence-electron chi connectivity index (χ0n) is 12.9. The molecule has 5 nitrogen and oxygen atoms in total. The summed E-state index contributed by atoms with van der Waals surface area (Å²) in [6, 6.07) is 1.95. The molecule has 1 aromatic rings. The SMILES string of the molecule is CCC(Nc1nccc(C(=O)OC)c1N)C1CCCCC1. The van der Waals surface area contributed by atoms with Gasteiger partial charge in [0.05, 0.1) is 18.4 Å². The molecule has 0 amide bonds. The minimum Gasteiger partial charge on any atom is -0.465 e. The Labute approximate surface area is 126 Å². The normalized spacial score (nSPS) is 17.2. The third-order valence-corrected chi connectivity index (χ3v) is 4.38. The molecule has 21 heavy (non-hydrogen) atoms. The van der Waals surface area contributed by atoms with E-state index in [9.17, 15) is 4.79 Å². The number of esters is 1. The molecule has 0 aliphatic heterocycles. The van der Waals surface area contributed by atoms with E-state index in [0.29, 0.717) is 29.0 Å². The van der Waals surface area contributed by atoms with Crippen molar-refractivity contribution in [2.45, 2.75) is 51.5 Å². The summed E-state index contributed by atoms with van der Waals surface area (Å²) in [5.74, 6) is 0.825. The monoisotopic (exact) mass is 291 g/mol. The molecule has 0 spiro atoms. The molecule has 1 aliphatic carbocycles. The molecule has 2 rings (SSSR count). The van der Waals surface area contributed by atoms with Crippen molar-refractivity contribution in [1.29, 1.82) is 0 Å². The Morgan fingerprint density at radius 2 is 2.19 bits per heavy atom. The fraction of sp³-hybridized carbons (Fsp3) is 0.625. The van der Waals surface area contributed by atoms with Gasteiger partial charge in [-0.15, -0.1) is 0 Å². The summed E-state index contributed by atoms with van der Waals surface area (Å²) in [6.45, 7) is 2.17. The van der Waals surface area contributed by atoms with Gasteiger partial charge in [-0.1, -0.05) is 26.2 Å². The van der Waals surface area contributed by atoms with Gasteiger partial charge in [-0.25, -0.2) is 9.78 Å². The van der Waals surface area contributed by atoms with E-state index in [0.717, 1.165) is 6.42 Å². The van der Waals surface area contributed by atoms with E-state index in [2.05, 4.69) is 17.2 Å². The van der Waals surface area contributed by atoms with Gasteiger partial charge in [0.15, 0.2) is 0 Å². The van der Waals surface area contributed by atoms with E-state index >= 15 is 0 Å². The van der Waals surface area contributed by atoms with Crippen LogP contribution in [0.2, 0.25) is 0 Å². The van der Waals surface area contributed by atoms with Crippen LogP contribution in [0.5, 0.6) is 0 Å². The molecule has 3 N–H and O–H groups in total. The summed E-state index contributed by atoms with van der Waals surface area (Å²) in [5, 5.41) is 3.44. The second kappa shape index (κ2) is 7.29. The van der Waals surface area contributed by atoms with Crippen LogP contribution in [0.4, 0.5) is 11.5 Å². The number of nitrogens with one attached hydrogen (secondary N) is 1. The van der Waals surface area contributed by atoms with Crippen molar-refractivity contribution in [2.75, 3.05) is 18.2 Å². The van der Waals surface area contributed by atoms with Crippen molar-refractivity contribution >= 4 is 17.5 Å². The summed E-state index contributed by atoms with van der Waals surface area (Å²) in [5.41, 5.74) is 6.81. The van der Waals surface area contributed by atoms with Crippen molar-refractivity contribution < 1.29 is 9.53 Å². The molecule has 1 saturated carbocycles. The second-order valence-corrected chi connectivity index (χ2v) is 5.67. The van der Waals surface area contributed by atoms with Crippen molar-refractivity contribution in [1.82, 2.24) is 4.98 Å². The standard InChI is InChI=1S/C16H25N3O2/c1-3-13(11-7-5-4-6-8-11)19-15-14(17)12(9-10-18-15)16(20)21-2/h9-11,13H,3-8,17H2,1-2H3,(H,18,19). The van der Waals surface area contributed by atoms with Crippen LogP contribution in [0.25, 0.3) is 0 Å². The number of methoxy groups -OCH3 is 1. The van der Waals surface area contributed by atoms with Crippen LogP contribution in [-0.2, 0) is 4.74 Å². The molecule has 1 atom stereocenters. The number of nitrogens with zero attached hydrogens (tertiary/aromatic N) is 1. The molecule has 0 saturated heterocycles. The quantitative estimate of drug-likeness (QED) is 0.814. The average Bonchev–Trinajstić information content (AvgIpc) is 2.54. The number of rotatable bonds is 5. The van der Waals surface area contributed by atoms with Gasteiger partial charge in [0.25, 0.3) is 0 Å².